The molecular formula is C17H22N2O3S. The highest BCUT2D eigenvalue weighted by Gasteiger charge is 2.50. The average molecular weight is 334 g/mol. The maximum Gasteiger partial charge on any atom is 0.307 e. The quantitative estimate of drug-likeness (QED) is 0.850. The van der Waals surface area contributed by atoms with Crippen LogP contribution in [0.1, 0.15) is 49.1 Å². The second-order valence-corrected chi connectivity index (χ2v) is 8.57. The van der Waals surface area contributed by atoms with E-state index in [0.29, 0.717) is 25.4 Å². The van der Waals surface area contributed by atoms with Crippen LogP contribution in [0.5, 0.6) is 0 Å². The molecule has 0 N–H and O–H groups in total. The van der Waals surface area contributed by atoms with Crippen molar-refractivity contribution in [1.82, 2.24) is 8.61 Å². The van der Waals surface area contributed by atoms with Crippen molar-refractivity contribution >= 4 is 16.1 Å². The Morgan fingerprint density at radius 3 is 2.78 bits per heavy atom. The first kappa shape index (κ1) is 15.1. The van der Waals surface area contributed by atoms with Gasteiger partial charge in [0, 0.05) is 13.1 Å². The molecule has 0 radical (unpaired) electrons. The topological polar surface area (TPSA) is 57.7 Å². The molecule has 2 saturated heterocycles. The van der Waals surface area contributed by atoms with Gasteiger partial charge in [0.25, 0.3) is 5.91 Å². The first-order valence-electron chi connectivity index (χ1n) is 8.50. The van der Waals surface area contributed by atoms with E-state index in [9.17, 15) is 13.2 Å². The average Bonchev–Trinajstić information content (AvgIpc) is 3.05. The normalized spacial score (nSPS) is 29.6. The van der Waals surface area contributed by atoms with Crippen LogP contribution in [0.15, 0.2) is 24.3 Å². The summed E-state index contributed by atoms with van der Waals surface area (Å²) < 4.78 is 27.8. The predicted octanol–water partition coefficient (Wildman–Crippen LogP) is 2.05. The summed E-state index contributed by atoms with van der Waals surface area (Å²) >= 11 is 0. The molecular weight excluding hydrogens is 312 g/mol. The van der Waals surface area contributed by atoms with E-state index in [4.69, 9.17) is 0 Å². The molecule has 1 aromatic carbocycles. The van der Waals surface area contributed by atoms with Gasteiger partial charge in [0.15, 0.2) is 0 Å². The Bertz CT molecular complexity index is 731. The second-order valence-electron chi connectivity index (χ2n) is 6.76. The van der Waals surface area contributed by atoms with E-state index in [-0.39, 0.29) is 5.91 Å². The number of carbonyl (C=O) groups excluding carboxylic acids is 1. The van der Waals surface area contributed by atoms with E-state index in [1.165, 1.54) is 15.4 Å². The van der Waals surface area contributed by atoms with Crippen LogP contribution in [-0.4, -0.2) is 42.1 Å². The summed E-state index contributed by atoms with van der Waals surface area (Å²) in [6.07, 6.45) is 5.29. The van der Waals surface area contributed by atoms with Gasteiger partial charge >= 0.3 is 10.2 Å². The van der Waals surface area contributed by atoms with Crippen LogP contribution in [0.4, 0.5) is 0 Å². The van der Waals surface area contributed by atoms with Gasteiger partial charge in [0.05, 0.1) is 0 Å². The first-order valence-corrected chi connectivity index (χ1v) is 9.90. The van der Waals surface area contributed by atoms with E-state index in [1.807, 2.05) is 12.1 Å². The molecule has 2 heterocycles. The molecule has 6 heteroatoms. The van der Waals surface area contributed by atoms with Gasteiger partial charge in [-0.25, -0.2) is 4.31 Å². The number of nitrogens with zero attached hydrogens (tertiary/aromatic N) is 2. The molecule has 1 amide bonds. The van der Waals surface area contributed by atoms with Crippen LogP contribution in [0.3, 0.4) is 0 Å². The molecule has 0 aromatic heterocycles. The number of aryl methyl sites for hydroxylation is 1. The SMILES string of the molecule is O=C1C2CCCCN2S(=O)(=O)N1CCC1CCc2ccccc21. The van der Waals surface area contributed by atoms with Crippen molar-refractivity contribution in [1.29, 1.82) is 0 Å². The molecule has 124 valence electrons. The molecule has 1 aliphatic carbocycles. The predicted molar refractivity (Wildman–Crippen MR) is 87.1 cm³/mol. The maximum absolute atomic E-state index is 12.6. The molecule has 2 unspecified atom stereocenters. The third-order valence-electron chi connectivity index (χ3n) is 5.50. The number of rotatable bonds is 3. The van der Waals surface area contributed by atoms with Crippen molar-refractivity contribution in [2.75, 3.05) is 13.1 Å². The molecule has 3 aliphatic rings. The molecule has 1 aromatic rings. The summed E-state index contributed by atoms with van der Waals surface area (Å²) in [6, 6.07) is 7.93. The lowest BCUT2D eigenvalue weighted by atomic mass is 9.98. The number of carbonyl (C=O) groups is 1. The summed E-state index contributed by atoms with van der Waals surface area (Å²) in [7, 11) is -3.59. The zero-order chi connectivity index (χ0) is 16.0. The number of fused-ring (bicyclic) bond motifs is 2. The Kier molecular flexibility index (Phi) is 3.69. The van der Waals surface area contributed by atoms with Crippen LogP contribution in [-0.2, 0) is 21.4 Å². The molecule has 23 heavy (non-hydrogen) atoms. The van der Waals surface area contributed by atoms with Gasteiger partial charge in [-0.2, -0.15) is 12.7 Å². The van der Waals surface area contributed by atoms with Crippen molar-refractivity contribution < 1.29 is 13.2 Å². The van der Waals surface area contributed by atoms with Crippen LogP contribution in [0.2, 0.25) is 0 Å². The minimum atomic E-state index is -3.59. The molecule has 4 rings (SSSR count). The third kappa shape index (κ3) is 2.39. The van der Waals surface area contributed by atoms with Crippen molar-refractivity contribution in [2.24, 2.45) is 0 Å². The fraction of sp³-hybridized carbons (Fsp3) is 0.588. The summed E-state index contributed by atoms with van der Waals surface area (Å²) in [5.74, 6) is 0.155. The monoisotopic (exact) mass is 334 g/mol. The lowest BCUT2D eigenvalue weighted by Crippen LogP contribution is -2.39. The van der Waals surface area contributed by atoms with Crippen molar-refractivity contribution in [3.8, 4) is 0 Å². The summed E-state index contributed by atoms with van der Waals surface area (Å²) in [5.41, 5.74) is 2.69. The zero-order valence-electron chi connectivity index (χ0n) is 13.1. The molecule has 0 spiro atoms. The van der Waals surface area contributed by atoms with Gasteiger partial charge in [-0.3, -0.25) is 4.79 Å². The first-order chi connectivity index (χ1) is 11.1. The van der Waals surface area contributed by atoms with Crippen molar-refractivity contribution in [2.45, 2.75) is 50.5 Å². The van der Waals surface area contributed by atoms with E-state index < -0.39 is 16.3 Å². The Labute approximate surface area is 137 Å². The largest absolute Gasteiger partial charge is 0.307 e. The number of piperidine rings is 1. The number of benzene rings is 1. The Morgan fingerprint density at radius 1 is 1.13 bits per heavy atom. The van der Waals surface area contributed by atoms with Crippen LogP contribution in [0, 0.1) is 0 Å². The molecule has 2 aliphatic heterocycles. The highest BCUT2D eigenvalue weighted by molar-refractivity contribution is 7.87. The van der Waals surface area contributed by atoms with Crippen LogP contribution >= 0.6 is 0 Å². The minimum absolute atomic E-state index is 0.212. The molecule has 2 fully saturated rings. The third-order valence-corrected chi connectivity index (χ3v) is 7.45. The van der Waals surface area contributed by atoms with Gasteiger partial charge in [0.2, 0.25) is 0 Å². The minimum Gasteiger partial charge on any atom is -0.272 e. The molecule has 2 atom stereocenters. The van der Waals surface area contributed by atoms with Gasteiger partial charge in [-0.05, 0) is 49.1 Å². The maximum atomic E-state index is 12.6. The van der Waals surface area contributed by atoms with Gasteiger partial charge < -0.3 is 0 Å². The second kappa shape index (κ2) is 5.60. The fourth-order valence-electron chi connectivity index (χ4n) is 4.28. The smallest absolute Gasteiger partial charge is 0.272 e. The van der Waals surface area contributed by atoms with E-state index in [0.717, 1.165) is 36.4 Å². The zero-order valence-corrected chi connectivity index (χ0v) is 14.0. The van der Waals surface area contributed by atoms with Crippen LogP contribution in [0.25, 0.3) is 0 Å². The lowest BCUT2D eigenvalue weighted by Gasteiger charge is -2.24. The molecule has 5 nitrogen and oxygen atoms in total. The van der Waals surface area contributed by atoms with E-state index >= 15 is 0 Å². The van der Waals surface area contributed by atoms with Crippen LogP contribution < -0.4 is 0 Å². The van der Waals surface area contributed by atoms with E-state index in [2.05, 4.69) is 12.1 Å². The Morgan fingerprint density at radius 2 is 1.96 bits per heavy atom. The summed E-state index contributed by atoms with van der Waals surface area (Å²) in [4.78, 5) is 12.5. The van der Waals surface area contributed by atoms with Gasteiger partial charge in [-0.15, -0.1) is 0 Å². The van der Waals surface area contributed by atoms with Crippen molar-refractivity contribution in [3.05, 3.63) is 35.4 Å². The fourth-order valence-corrected chi connectivity index (χ4v) is 6.09. The van der Waals surface area contributed by atoms with E-state index in [1.54, 1.807) is 0 Å². The Hall–Kier alpha value is -1.40. The highest BCUT2D eigenvalue weighted by Crippen LogP contribution is 2.37. The summed E-state index contributed by atoms with van der Waals surface area (Å²) in [6.45, 7) is 0.800. The van der Waals surface area contributed by atoms with Crippen molar-refractivity contribution in [3.63, 3.8) is 0 Å². The highest BCUT2D eigenvalue weighted by atomic mass is 32.2. The lowest BCUT2D eigenvalue weighted by molar-refractivity contribution is -0.128. The molecule has 0 bridgehead atoms. The number of amides is 1. The Balaban J connectivity index is 1.50. The summed E-state index contributed by atoms with van der Waals surface area (Å²) in [5, 5.41) is 0. The standard InChI is InChI=1S/C17H22N2O3S/c20-17-16-7-3-4-11-18(16)23(21,22)19(17)12-10-14-9-8-13-5-1-2-6-15(13)14/h1-2,5-6,14,16H,3-4,7-12H2. The van der Waals surface area contributed by atoms with Gasteiger partial charge in [-0.1, -0.05) is 30.7 Å². The van der Waals surface area contributed by atoms with Gasteiger partial charge in [0.1, 0.15) is 6.04 Å². The number of hydrogen-bond donors (Lipinski definition) is 0. The molecule has 0 saturated carbocycles. The number of hydrogen-bond acceptors (Lipinski definition) is 3.